The van der Waals surface area contributed by atoms with Gasteiger partial charge in [-0.3, -0.25) is 0 Å². The Morgan fingerprint density at radius 3 is 1.91 bits per heavy atom. The van der Waals surface area contributed by atoms with Crippen molar-refractivity contribution in [3.8, 4) is 22.3 Å². The maximum atomic E-state index is 2.51. The summed E-state index contributed by atoms with van der Waals surface area (Å²) in [6.45, 7) is 4.80. The van der Waals surface area contributed by atoms with Crippen LogP contribution < -0.4 is 0 Å². The van der Waals surface area contributed by atoms with Crippen LogP contribution >= 0.6 is 11.3 Å². The molecule has 0 spiro atoms. The van der Waals surface area contributed by atoms with Gasteiger partial charge in [-0.1, -0.05) is 153 Å². The van der Waals surface area contributed by atoms with Gasteiger partial charge in [0.25, 0.3) is 0 Å². The standard InChI is InChI=1S/C55H38S/c1-55(2)48-27-25-35(30-46(48)47-32-45-36(31-49(47)55)26-28-51-54(45)44-22-9-10-24-50(44)56-51)34-15-11-16-37(29-34)52-40-18-5-7-20-42(40)53(43-21-8-6-19-41(43)52)39-23-12-14-33-13-3-4-17-38(33)39/h3-10,12-15,17-32H,11,16H2,1-2H3. The molecule has 0 saturated carbocycles. The maximum absolute atomic E-state index is 2.51. The Hall–Kier alpha value is -6.28. The number of thiophene rings is 1. The van der Waals surface area contributed by atoms with Crippen molar-refractivity contribution in [1.82, 2.24) is 0 Å². The van der Waals surface area contributed by atoms with E-state index < -0.39 is 0 Å². The summed E-state index contributed by atoms with van der Waals surface area (Å²) in [5.41, 5.74) is 13.5. The molecular formula is C55H38S. The van der Waals surface area contributed by atoms with Crippen molar-refractivity contribution in [2.75, 3.05) is 0 Å². The van der Waals surface area contributed by atoms with Crippen molar-refractivity contribution in [3.05, 3.63) is 192 Å². The number of benzene rings is 9. The largest absolute Gasteiger partial charge is 0.135 e. The van der Waals surface area contributed by atoms with Crippen molar-refractivity contribution < 1.29 is 0 Å². The molecule has 56 heavy (non-hydrogen) atoms. The van der Waals surface area contributed by atoms with Gasteiger partial charge in [0.05, 0.1) is 0 Å². The predicted molar refractivity (Wildman–Crippen MR) is 244 cm³/mol. The average molecular weight is 731 g/mol. The van der Waals surface area contributed by atoms with E-state index in [-0.39, 0.29) is 5.41 Å². The van der Waals surface area contributed by atoms with Gasteiger partial charge in [0.1, 0.15) is 0 Å². The van der Waals surface area contributed by atoms with E-state index in [4.69, 9.17) is 0 Å². The summed E-state index contributed by atoms with van der Waals surface area (Å²) >= 11 is 1.90. The molecule has 264 valence electrons. The van der Waals surface area contributed by atoms with Gasteiger partial charge >= 0.3 is 0 Å². The van der Waals surface area contributed by atoms with E-state index >= 15 is 0 Å². The minimum absolute atomic E-state index is 0.0747. The van der Waals surface area contributed by atoms with Gasteiger partial charge in [-0.25, -0.2) is 0 Å². The second kappa shape index (κ2) is 11.9. The smallest absolute Gasteiger partial charge is 0.0361 e. The van der Waals surface area contributed by atoms with Crippen molar-refractivity contribution in [2.24, 2.45) is 0 Å². The summed E-state index contributed by atoms with van der Waals surface area (Å²) < 4.78 is 2.72. The maximum Gasteiger partial charge on any atom is 0.0361 e. The van der Waals surface area contributed by atoms with Crippen LogP contribution in [0.5, 0.6) is 0 Å². The Bertz CT molecular complexity index is 3320. The molecule has 0 nitrogen and oxygen atoms in total. The minimum atomic E-state index is -0.0747. The van der Waals surface area contributed by atoms with Gasteiger partial charge < -0.3 is 0 Å². The van der Waals surface area contributed by atoms with E-state index in [0.717, 1.165) is 12.8 Å². The zero-order chi connectivity index (χ0) is 37.1. The highest BCUT2D eigenvalue weighted by atomic mass is 32.1. The summed E-state index contributed by atoms with van der Waals surface area (Å²) in [6.07, 6.45) is 6.99. The molecule has 9 aromatic carbocycles. The average Bonchev–Trinajstić information content (AvgIpc) is 3.73. The first-order chi connectivity index (χ1) is 27.5. The predicted octanol–water partition coefficient (Wildman–Crippen LogP) is 15.9. The van der Waals surface area contributed by atoms with Crippen LogP contribution in [-0.2, 0) is 5.41 Å². The number of fused-ring (bicyclic) bond motifs is 11. The third-order valence-electron chi connectivity index (χ3n) is 12.9. The molecule has 0 radical (unpaired) electrons. The second-order valence-electron chi connectivity index (χ2n) is 16.3. The van der Waals surface area contributed by atoms with Crippen molar-refractivity contribution in [3.63, 3.8) is 0 Å². The topological polar surface area (TPSA) is 0 Å². The summed E-state index contributed by atoms with van der Waals surface area (Å²) in [5, 5.41) is 13.3. The van der Waals surface area contributed by atoms with Gasteiger partial charge in [0, 0.05) is 25.6 Å². The molecule has 1 heterocycles. The van der Waals surface area contributed by atoms with Gasteiger partial charge in [-0.2, -0.15) is 0 Å². The molecule has 10 aromatic rings. The second-order valence-corrected chi connectivity index (χ2v) is 17.4. The highest BCUT2D eigenvalue weighted by Gasteiger charge is 2.36. The first kappa shape index (κ1) is 32.0. The Labute approximate surface area is 330 Å². The number of hydrogen-bond acceptors (Lipinski definition) is 1. The fourth-order valence-electron chi connectivity index (χ4n) is 10.3. The van der Waals surface area contributed by atoms with Gasteiger partial charge in [-0.15, -0.1) is 11.3 Å². The molecule has 0 bridgehead atoms. The fraction of sp³-hybridized carbons (Fsp3) is 0.0909. The molecule has 2 aliphatic carbocycles. The lowest BCUT2D eigenvalue weighted by molar-refractivity contribution is 0.661. The van der Waals surface area contributed by atoms with E-state index in [1.54, 1.807) is 0 Å². The molecule has 0 atom stereocenters. The first-order valence-corrected chi connectivity index (χ1v) is 20.7. The van der Waals surface area contributed by atoms with Crippen molar-refractivity contribution in [1.29, 1.82) is 0 Å². The van der Waals surface area contributed by atoms with E-state index in [0.29, 0.717) is 0 Å². The highest BCUT2D eigenvalue weighted by molar-refractivity contribution is 7.26. The Morgan fingerprint density at radius 2 is 1.12 bits per heavy atom. The highest BCUT2D eigenvalue weighted by Crippen LogP contribution is 2.52. The Morgan fingerprint density at radius 1 is 0.464 bits per heavy atom. The molecule has 0 amide bonds. The zero-order valence-corrected chi connectivity index (χ0v) is 32.3. The van der Waals surface area contributed by atoms with E-state index in [2.05, 4.69) is 184 Å². The molecule has 0 aliphatic heterocycles. The van der Waals surface area contributed by atoms with Crippen LogP contribution in [0.1, 0.15) is 48.9 Å². The summed E-state index contributed by atoms with van der Waals surface area (Å²) in [5.74, 6) is 0. The van der Waals surface area contributed by atoms with Crippen LogP contribution in [0.3, 0.4) is 0 Å². The van der Waals surface area contributed by atoms with E-state index in [9.17, 15) is 0 Å². The van der Waals surface area contributed by atoms with Crippen LogP contribution in [0.2, 0.25) is 0 Å². The van der Waals surface area contributed by atoms with Crippen LogP contribution in [0.25, 0.3) is 96.7 Å². The van der Waals surface area contributed by atoms with Gasteiger partial charge in [0.15, 0.2) is 0 Å². The molecule has 12 rings (SSSR count). The third kappa shape index (κ3) is 4.53. The quantitative estimate of drug-likeness (QED) is 0.159. The van der Waals surface area contributed by atoms with Crippen molar-refractivity contribution >= 4 is 85.7 Å². The normalized spacial score (nSPS) is 14.8. The summed E-state index contributed by atoms with van der Waals surface area (Å²) in [7, 11) is 0. The van der Waals surface area contributed by atoms with Crippen LogP contribution in [-0.4, -0.2) is 0 Å². The molecule has 1 heteroatoms. The number of hydrogen-bond donors (Lipinski definition) is 0. The lowest BCUT2D eigenvalue weighted by atomic mass is 9.80. The SMILES string of the molecule is CC1(C)c2ccc(C3=CCCC(c4c5ccccc5c(-c5cccc6ccccc56)c5ccccc45)=C3)cc2-c2cc3c(ccc4sc5ccccc5c43)cc21. The van der Waals surface area contributed by atoms with E-state index in [1.807, 2.05) is 11.3 Å². The fourth-order valence-corrected chi connectivity index (χ4v) is 11.4. The summed E-state index contributed by atoms with van der Waals surface area (Å²) in [4.78, 5) is 0. The third-order valence-corrected chi connectivity index (χ3v) is 14.0. The first-order valence-electron chi connectivity index (χ1n) is 19.9. The van der Waals surface area contributed by atoms with Crippen LogP contribution in [0.15, 0.2) is 170 Å². The minimum Gasteiger partial charge on any atom is -0.135 e. The number of rotatable bonds is 3. The van der Waals surface area contributed by atoms with Crippen LogP contribution in [0.4, 0.5) is 0 Å². The van der Waals surface area contributed by atoms with Gasteiger partial charge in [-0.05, 0) is 142 Å². The Kier molecular flexibility index (Phi) is 6.78. The molecule has 0 N–H and O–H groups in total. The van der Waals surface area contributed by atoms with E-state index in [1.165, 1.54) is 119 Å². The monoisotopic (exact) mass is 730 g/mol. The molecular weight excluding hydrogens is 693 g/mol. The zero-order valence-electron chi connectivity index (χ0n) is 31.5. The van der Waals surface area contributed by atoms with Crippen molar-refractivity contribution in [2.45, 2.75) is 32.1 Å². The molecule has 1 aromatic heterocycles. The van der Waals surface area contributed by atoms with Crippen LogP contribution in [0, 0.1) is 0 Å². The molecule has 0 fully saturated rings. The molecule has 0 saturated heterocycles. The molecule has 0 unspecified atom stereocenters. The number of allylic oxidation sites excluding steroid dienone is 4. The lowest BCUT2D eigenvalue weighted by Gasteiger charge is -2.23. The molecule has 2 aliphatic rings. The summed E-state index contributed by atoms with van der Waals surface area (Å²) in [6, 6.07) is 59.5. The van der Waals surface area contributed by atoms with Gasteiger partial charge in [0.2, 0.25) is 0 Å². The Balaban J connectivity index is 1.03. The lowest BCUT2D eigenvalue weighted by Crippen LogP contribution is -2.14.